The summed E-state index contributed by atoms with van der Waals surface area (Å²) in [6.07, 6.45) is 0. The maximum Gasteiger partial charge on any atom is 0.372 e. The molecule has 0 atom stereocenters. The second-order valence-electron chi connectivity index (χ2n) is 3.17. The molecule has 0 aliphatic heterocycles. The van der Waals surface area contributed by atoms with Crippen molar-refractivity contribution in [3.63, 3.8) is 0 Å². The van der Waals surface area contributed by atoms with E-state index in [4.69, 9.17) is 9.52 Å². The summed E-state index contributed by atoms with van der Waals surface area (Å²) in [6.45, 7) is 1.51. The van der Waals surface area contributed by atoms with Gasteiger partial charge in [0, 0.05) is 5.56 Å². The number of carboxylic acid groups (broad SMARTS) is 1. The predicted octanol–water partition coefficient (Wildman–Crippen LogP) is 1.85. The van der Waals surface area contributed by atoms with E-state index in [1.807, 2.05) is 0 Å². The Morgan fingerprint density at radius 1 is 1.27 bits per heavy atom. The third kappa shape index (κ3) is 1.20. The minimum absolute atomic E-state index is 0.00935. The SMILES string of the molecule is Cc1c(C(=O)O)oc2c(O)ccc(O)c12. The van der Waals surface area contributed by atoms with Crippen molar-refractivity contribution in [1.29, 1.82) is 0 Å². The summed E-state index contributed by atoms with van der Waals surface area (Å²) >= 11 is 0. The maximum absolute atomic E-state index is 10.8. The number of carbonyl (C=O) groups is 1. The first-order valence-electron chi connectivity index (χ1n) is 4.19. The zero-order chi connectivity index (χ0) is 11.2. The zero-order valence-corrected chi connectivity index (χ0v) is 7.81. The van der Waals surface area contributed by atoms with Crippen LogP contribution in [0.3, 0.4) is 0 Å². The topological polar surface area (TPSA) is 90.9 Å². The molecule has 78 valence electrons. The van der Waals surface area contributed by atoms with Gasteiger partial charge in [0.15, 0.2) is 11.3 Å². The average Bonchev–Trinajstić information content (AvgIpc) is 2.51. The molecule has 0 saturated heterocycles. The summed E-state index contributed by atoms with van der Waals surface area (Å²) in [4.78, 5) is 10.8. The molecule has 0 unspecified atom stereocenters. The van der Waals surface area contributed by atoms with E-state index in [1.54, 1.807) is 0 Å². The largest absolute Gasteiger partial charge is 0.507 e. The van der Waals surface area contributed by atoms with Crippen molar-refractivity contribution >= 4 is 16.9 Å². The maximum atomic E-state index is 10.8. The second kappa shape index (κ2) is 2.91. The molecule has 1 aromatic heterocycles. The molecule has 0 aliphatic carbocycles. The van der Waals surface area contributed by atoms with Gasteiger partial charge in [-0.3, -0.25) is 0 Å². The number of benzene rings is 1. The van der Waals surface area contributed by atoms with Crippen LogP contribution in [0.25, 0.3) is 11.0 Å². The Morgan fingerprint density at radius 3 is 2.40 bits per heavy atom. The molecule has 0 radical (unpaired) electrons. The van der Waals surface area contributed by atoms with Crippen molar-refractivity contribution in [2.75, 3.05) is 0 Å². The van der Waals surface area contributed by atoms with Crippen LogP contribution in [0.5, 0.6) is 11.5 Å². The van der Waals surface area contributed by atoms with Gasteiger partial charge in [-0.1, -0.05) is 0 Å². The fraction of sp³-hybridized carbons (Fsp3) is 0.100. The minimum Gasteiger partial charge on any atom is -0.507 e. The summed E-state index contributed by atoms with van der Waals surface area (Å²) in [5.74, 6) is -1.82. The number of fused-ring (bicyclic) bond motifs is 1. The van der Waals surface area contributed by atoms with Crippen LogP contribution in [0.4, 0.5) is 0 Å². The fourth-order valence-corrected chi connectivity index (χ4v) is 1.52. The van der Waals surface area contributed by atoms with E-state index in [1.165, 1.54) is 19.1 Å². The van der Waals surface area contributed by atoms with Crippen molar-refractivity contribution in [2.45, 2.75) is 6.92 Å². The van der Waals surface area contributed by atoms with E-state index < -0.39 is 5.97 Å². The average molecular weight is 208 g/mol. The van der Waals surface area contributed by atoms with Crippen LogP contribution in [0.1, 0.15) is 16.1 Å². The first kappa shape index (κ1) is 9.39. The number of aromatic carboxylic acids is 1. The van der Waals surface area contributed by atoms with Gasteiger partial charge in [-0.25, -0.2) is 4.79 Å². The molecule has 1 aromatic carbocycles. The van der Waals surface area contributed by atoms with E-state index in [0.717, 1.165) is 0 Å². The number of furan rings is 1. The van der Waals surface area contributed by atoms with Crippen molar-refractivity contribution in [2.24, 2.45) is 0 Å². The third-order valence-electron chi connectivity index (χ3n) is 2.23. The Hall–Kier alpha value is -2.17. The van der Waals surface area contributed by atoms with Crippen LogP contribution in [0.15, 0.2) is 16.5 Å². The van der Waals surface area contributed by atoms with Crippen molar-refractivity contribution in [3.8, 4) is 11.5 Å². The highest BCUT2D eigenvalue weighted by molar-refractivity contribution is 5.99. The van der Waals surface area contributed by atoms with Crippen LogP contribution in [0.2, 0.25) is 0 Å². The van der Waals surface area contributed by atoms with Crippen LogP contribution < -0.4 is 0 Å². The lowest BCUT2D eigenvalue weighted by Crippen LogP contribution is -1.95. The molecule has 5 nitrogen and oxygen atoms in total. The number of hydrogen-bond donors (Lipinski definition) is 3. The molecule has 0 amide bonds. The smallest absolute Gasteiger partial charge is 0.372 e. The molecule has 0 fully saturated rings. The summed E-state index contributed by atoms with van der Waals surface area (Å²) in [6, 6.07) is 2.53. The summed E-state index contributed by atoms with van der Waals surface area (Å²) in [5.41, 5.74) is 0.288. The summed E-state index contributed by atoms with van der Waals surface area (Å²) in [7, 11) is 0. The van der Waals surface area contributed by atoms with Gasteiger partial charge in [0.25, 0.3) is 0 Å². The normalized spacial score (nSPS) is 10.7. The minimum atomic E-state index is -1.23. The molecular formula is C10H8O5. The molecule has 2 aromatic rings. The Kier molecular flexibility index (Phi) is 1.82. The van der Waals surface area contributed by atoms with E-state index in [2.05, 4.69) is 0 Å². The van der Waals surface area contributed by atoms with Crippen LogP contribution in [0, 0.1) is 6.92 Å². The number of carboxylic acids is 1. The summed E-state index contributed by atoms with van der Waals surface area (Å²) in [5, 5.41) is 27.9. The molecule has 0 spiro atoms. The number of rotatable bonds is 1. The number of phenolic OH excluding ortho intramolecular Hbond substituents is 2. The summed E-state index contributed by atoms with van der Waals surface area (Å²) < 4.78 is 4.96. The highest BCUT2D eigenvalue weighted by Crippen LogP contribution is 2.37. The third-order valence-corrected chi connectivity index (χ3v) is 2.23. The van der Waals surface area contributed by atoms with Gasteiger partial charge in [-0.2, -0.15) is 0 Å². The van der Waals surface area contributed by atoms with Crippen LogP contribution >= 0.6 is 0 Å². The number of hydrogen-bond acceptors (Lipinski definition) is 4. The molecular weight excluding hydrogens is 200 g/mol. The lowest BCUT2D eigenvalue weighted by Gasteiger charge is -1.96. The second-order valence-corrected chi connectivity index (χ2v) is 3.17. The van der Waals surface area contributed by atoms with E-state index in [9.17, 15) is 15.0 Å². The van der Waals surface area contributed by atoms with Gasteiger partial charge in [-0.05, 0) is 19.1 Å². The quantitative estimate of drug-likeness (QED) is 0.622. The Balaban J connectivity index is 2.93. The standard InChI is InChI=1S/C10H8O5/c1-4-7-5(11)2-3-6(12)9(7)15-8(4)10(13)14/h2-3,11-12H,1H3,(H,13,14). The molecule has 5 heteroatoms. The van der Waals surface area contributed by atoms with Crippen molar-refractivity contribution < 1.29 is 24.5 Å². The Labute approximate surface area is 84.2 Å². The lowest BCUT2D eigenvalue weighted by atomic mass is 10.1. The van der Waals surface area contributed by atoms with Gasteiger partial charge in [0.2, 0.25) is 5.76 Å². The Bertz CT molecular complexity index is 552. The molecule has 2 rings (SSSR count). The number of aryl methyl sites for hydroxylation is 1. The van der Waals surface area contributed by atoms with Gasteiger partial charge in [0.1, 0.15) is 5.75 Å². The van der Waals surface area contributed by atoms with Gasteiger partial charge in [-0.15, -0.1) is 0 Å². The molecule has 0 aliphatic rings. The lowest BCUT2D eigenvalue weighted by molar-refractivity contribution is 0.0664. The molecule has 0 bridgehead atoms. The number of phenols is 2. The molecule has 3 N–H and O–H groups in total. The van der Waals surface area contributed by atoms with Gasteiger partial charge in [0.05, 0.1) is 5.39 Å². The highest BCUT2D eigenvalue weighted by atomic mass is 16.4. The van der Waals surface area contributed by atoms with Crippen molar-refractivity contribution in [1.82, 2.24) is 0 Å². The van der Waals surface area contributed by atoms with Gasteiger partial charge < -0.3 is 19.7 Å². The first-order chi connectivity index (χ1) is 7.02. The predicted molar refractivity (Wildman–Crippen MR) is 51.2 cm³/mol. The van der Waals surface area contributed by atoms with Crippen LogP contribution in [-0.4, -0.2) is 21.3 Å². The fourth-order valence-electron chi connectivity index (χ4n) is 1.52. The van der Waals surface area contributed by atoms with E-state index in [-0.39, 0.29) is 28.2 Å². The van der Waals surface area contributed by atoms with E-state index in [0.29, 0.717) is 5.56 Å². The molecule has 0 saturated carbocycles. The molecule has 15 heavy (non-hydrogen) atoms. The van der Waals surface area contributed by atoms with E-state index >= 15 is 0 Å². The van der Waals surface area contributed by atoms with Crippen molar-refractivity contribution in [3.05, 3.63) is 23.5 Å². The Morgan fingerprint density at radius 2 is 1.87 bits per heavy atom. The zero-order valence-electron chi connectivity index (χ0n) is 7.81. The number of aromatic hydroxyl groups is 2. The van der Waals surface area contributed by atoms with Gasteiger partial charge >= 0.3 is 5.97 Å². The first-order valence-corrected chi connectivity index (χ1v) is 4.19. The highest BCUT2D eigenvalue weighted by Gasteiger charge is 2.20. The molecule has 1 heterocycles. The monoisotopic (exact) mass is 208 g/mol. The van der Waals surface area contributed by atoms with Crippen LogP contribution in [-0.2, 0) is 0 Å².